The zero-order valence-electron chi connectivity index (χ0n) is 30.9. The summed E-state index contributed by atoms with van der Waals surface area (Å²) in [6.45, 7) is 11.5. The summed E-state index contributed by atoms with van der Waals surface area (Å²) < 4.78 is 37.1. The minimum absolute atomic E-state index is 0.0757. The molecule has 0 aromatic rings. The molecule has 4 saturated heterocycles. The molecule has 51 heavy (non-hydrogen) atoms. The Labute approximate surface area is 301 Å². The monoisotopic (exact) mass is 722 g/mol. The van der Waals surface area contributed by atoms with Crippen LogP contribution in [0.4, 0.5) is 0 Å². The molecule has 0 unspecified atom stereocenters. The van der Waals surface area contributed by atoms with Crippen LogP contribution in [0.1, 0.15) is 92.4 Å². The van der Waals surface area contributed by atoms with Crippen molar-refractivity contribution >= 4 is 0 Å². The predicted molar refractivity (Wildman–Crippen MR) is 182 cm³/mol. The summed E-state index contributed by atoms with van der Waals surface area (Å²) in [6.07, 6.45) is -1.53. The Hall–Kier alpha value is -0.740. The van der Waals surface area contributed by atoms with E-state index in [1.54, 1.807) is 0 Å². The van der Waals surface area contributed by atoms with E-state index in [-0.39, 0.29) is 23.0 Å². The van der Waals surface area contributed by atoms with E-state index in [4.69, 9.17) is 28.4 Å². The van der Waals surface area contributed by atoms with E-state index in [2.05, 4.69) is 33.8 Å². The third kappa shape index (κ3) is 5.84. The van der Waals surface area contributed by atoms with Gasteiger partial charge in [0.2, 0.25) is 0 Å². The molecule has 4 aliphatic heterocycles. The average Bonchev–Trinajstić information content (AvgIpc) is 3.56. The highest BCUT2D eigenvalue weighted by Gasteiger charge is 2.68. The van der Waals surface area contributed by atoms with Crippen LogP contribution in [0.3, 0.4) is 0 Å². The molecule has 0 bridgehead atoms. The van der Waals surface area contributed by atoms with Crippen molar-refractivity contribution in [1.82, 2.24) is 0 Å². The molecule has 3 saturated carbocycles. The number of aliphatic hydroxyl groups is 6. The summed E-state index contributed by atoms with van der Waals surface area (Å²) in [5, 5.41) is 63.1. The van der Waals surface area contributed by atoms with Crippen molar-refractivity contribution in [3.05, 3.63) is 11.6 Å². The standard InChI is InChI=1S/C39H62O12/c1-18-8-13-39(46-17-18)19(2)28-26(51-39)15-25-23-7-6-21-14-22(9-11-37(21,4)24(23)10-12-38(25,28)5)48-36-33(45)31(43)34(27(16-40)49-36)50-35-32(44)30(42)29(41)20(3)47-35/h6,18-20,22-36,40-45H,7-17H2,1-5H3/t18-,19+,20+,22+,23-,24+,25-,26+,27-,28+,29+,30-,31-,32-,33-,34-,35+,36-,37+,38+,39-/m1/s1. The lowest BCUT2D eigenvalue weighted by molar-refractivity contribution is -0.360. The zero-order chi connectivity index (χ0) is 36.2. The van der Waals surface area contributed by atoms with Crippen molar-refractivity contribution < 1.29 is 59.1 Å². The highest BCUT2D eigenvalue weighted by Crippen LogP contribution is 2.70. The molecule has 0 amide bonds. The molecule has 12 heteroatoms. The summed E-state index contributed by atoms with van der Waals surface area (Å²) in [4.78, 5) is 0. The number of ether oxygens (including phenoxy) is 6. The SMILES string of the molecule is C[C@@H]1CC[C@@]2(OC1)O[C@H]1C[C@@H]3[C@@H]4CC=C5C[C@@H](O[C@@H]6O[C@H](CO)[C@@H](O[C@@H]7O[C@@H](C)[C@H](O)[C@@H](O)[C@H]7O)[C@H](O)[C@H]6O)CC[C@]5(C)[C@H]4CC[C@]3(C)[C@H]1[C@@H]2C. The number of hydrogen-bond acceptors (Lipinski definition) is 12. The number of rotatable bonds is 5. The summed E-state index contributed by atoms with van der Waals surface area (Å²) in [5.41, 5.74) is 1.75. The zero-order valence-corrected chi connectivity index (χ0v) is 30.9. The normalized spacial score (nSPS) is 58.4. The third-order valence-electron chi connectivity index (χ3n) is 15.6. The second-order valence-electron chi connectivity index (χ2n) is 18.3. The Kier molecular flexibility index (Phi) is 9.83. The second kappa shape index (κ2) is 13.5. The van der Waals surface area contributed by atoms with Gasteiger partial charge in [-0.1, -0.05) is 39.3 Å². The molecule has 8 rings (SSSR count). The molecule has 8 aliphatic rings. The first-order valence-corrected chi connectivity index (χ1v) is 19.8. The summed E-state index contributed by atoms with van der Waals surface area (Å²) in [6, 6.07) is 0. The minimum Gasteiger partial charge on any atom is -0.394 e. The van der Waals surface area contributed by atoms with Gasteiger partial charge in [-0.05, 0) is 98.7 Å². The first kappa shape index (κ1) is 37.2. The van der Waals surface area contributed by atoms with Gasteiger partial charge in [0.15, 0.2) is 18.4 Å². The average molecular weight is 723 g/mol. The minimum atomic E-state index is -1.61. The molecule has 0 radical (unpaired) electrons. The van der Waals surface area contributed by atoms with E-state index in [1.165, 1.54) is 31.8 Å². The molecule has 0 aromatic heterocycles. The van der Waals surface area contributed by atoms with Crippen molar-refractivity contribution in [3.8, 4) is 0 Å². The Morgan fingerprint density at radius 2 is 1.57 bits per heavy atom. The van der Waals surface area contributed by atoms with Gasteiger partial charge in [-0.3, -0.25) is 0 Å². The van der Waals surface area contributed by atoms with Gasteiger partial charge in [0, 0.05) is 12.3 Å². The Morgan fingerprint density at radius 3 is 2.29 bits per heavy atom. The molecular formula is C39H62O12. The summed E-state index contributed by atoms with van der Waals surface area (Å²) in [7, 11) is 0. The van der Waals surface area contributed by atoms with Crippen molar-refractivity contribution in [3.63, 3.8) is 0 Å². The van der Waals surface area contributed by atoms with Crippen LogP contribution < -0.4 is 0 Å². The van der Waals surface area contributed by atoms with Crippen LogP contribution in [0.15, 0.2) is 11.6 Å². The topological polar surface area (TPSA) is 177 Å². The maximum Gasteiger partial charge on any atom is 0.187 e. The maximum absolute atomic E-state index is 11.1. The van der Waals surface area contributed by atoms with Crippen LogP contribution in [-0.2, 0) is 28.4 Å². The fourth-order valence-electron chi connectivity index (χ4n) is 12.6. The highest BCUT2D eigenvalue weighted by molar-refractivity contribution is 5.26. The molecular weight excluding hydrogens is 660 g/mol. The lowest BCUT2D eigenvalue weighted by Crippen LogP contribution is -2.64. The molecule has 7 fully saturated rings. The van der Waals surface area contributed by atoms with E-state index in [0.29, 0.717) is 35.5 Å². The van der Waals surface area contributed by atoms with E-state index < -0.39 is 73.8 Å². The lowest BCUT2D eigenvalue weighted by Gasteiger charge is -2.58. The van der Waals surface area contributed by atoms with Gasteiger partial charge >= 0.3 is 0 Å². The smallest absolute Gasteiger partial charge is 0.187 e. The van der Waals surface area contributed by atoms with Crippen LogP contribution in [0.2, 0.25) is 0 Å². The number of allylic oxidation sites excluding steroid dienone is 1. The van der Waals surface area contributed by atoms with Crippen LogP contribution in [0.5, 0.6) is 0 Å². The van der Waals surface area contributed by atoms with E-state index in [1.807, 2.05) is 0 Å². The van der Waals surface area contributed by atoms with Crippen molar-refractivity contribution in [1.29, 1.82) is 0 Å². The van der Waals surface area contributed by atoms with E-state index in [9.17, 15) is 30.6 Å². The first-order valence-electron chi connectivity index (χ1n) is 19.8. The number of fused-ring (bicyclic) bond motifs is 7. The second-order valence-corrected chi connectivity index (χ2v) is 18.3. The lowest BCUT2D eigenvalue weighted by atomic mass is 9.47. The predicted octanol–water partition coefficient (Wildman–Crippen LogP) is 2.39. The summed E-state index contributed by atoms with van der Waals surface area (Å²) in [5.74, 6) is 2.99. The van der Waals surface area contributed by atoms with Crippen molar-refractivity contribution in [2.75, 3.05) is 13.2 Å². The fraction of sp³-hybridized carbons (Fsp3) is 0.949. The van der Waals surface area contributed by atoms with E-state index in [0.717, 1.165) is 45.1 Å². The van der Waals surface area contributed by atoms with Crippen LogP contribution in [-0.4, -0.2) is 123 Å². The van der Waals surface area contributed by atoms with Crippen molar-refractivity contribution in [2.45, 2.75) is 172 Å². The van der Waals surface area contributed by atoms with Gasteiger partial charge < -0.3 is 59.1 Å². The van der Waals surface area contributed by atoms with Gasteiger partial charge in [0.05, 0.1) is 31.5 Å². The molecule has 12 nitrogen and oxygen atoms in total. The largest absolute Gasteiger partial charge is 0.394 e. The highest BCUT2D eigenvalue weighted by atomic mass is 16.7. The molecule has 1 spiro atoms. The fourth-order valence-corrected chi connectivity index (χ4v) is 12.6. The molecule has 21 atom stereocenters. The van der Waals surface area contributed by atoms with E-state index >= 15 is 0 Å². The van der Waals surface area contributed by atoms with Gasteiger partial charge in [-0.25, -0.2) is 0 Å². The van der Waals surface area contributed by atoms with Crippen LogP contribution in [0.25, 0.3) is 0 Å². The molecule has 290 valence electrons. The third-order valence-corrected chi connectivity index (χ3v) is 15.6. The molecule has 6 N–H and O–H groups in total. The quantitative estimate of drug-likeness (QED) is 0.229. The number of aliphatic hydroxyl groups excluding tert-OH is 6. The van der Waals surface area contributed by atoms with Gasteiger partial charge in [0.1, 0.15) is 42.7 Å². The maximum atomic E-state index is 11.1. The number of hydrogen-bond donors (Lipinski definition) is 6. The van der Waals surface area contributed by atoms with Crippen molar-refractivity contribution in [2.24, 2.45) is 46.3 Å². The Balaban J connectivity index is 0.915. The first-order chi connectivity index (χ1) is 24.2. The Bertz CT molecular complexity index is 1300. The van der Waals surface area contributed by atoms with Crippen LogP contribution in [0, 0.1) is 46.3 Å². The molecule has 4 aliphatic carbocycles. The van der Waals surface area contributed by atoms with Crippen LogP contribution >= 0.6 is 0 Å². The molecule has 4 heterocycles. The van der Waals surface area contributed by atoms with Gasteiger partial charge in [-0.2, -0.15) is 0 Å². The summed E-state index contributed by atoms with van der Waals surface area (Å²) >= 11 is 0. The Morgan fingerprint density at radius 1 is 0.824 bits per heavy atom. The van der Waals surface area contributed by atoms with Gasteiger partial charge in [-0.15, -0.1) is 0 Å². The van der Waals surface area contributed by atoms with Gasteiger partial charge in [0.25, 0.3) is 0 Å². The molecule has 0 aromatic carbocycles.